The van der Waals surface area contributed by atoms with Gasteiger partial charge in [-0.1, -0.05) is 49.4 Å². The second-order valence-corrected chi connectivity index (χ2v) is 5.79. The fraction of sp³-hybridized carbons (Fsp3) is 0.263. The summed E-state index contributed by atoms with van der Waals surface area (Å²) in [7, 11) is 1.60. The molecule has 1 saturated heterocycles. The smallest absolute Gasteiger partial charge is 0.325 e. The maximum Gasteiger partial charge on any atom is 0.325 e. The molecule has 24 heavy (non-hydrogen) atoms. The third-order valence-corrected chi connectivity index (χ3v) is 4.47. The lowest BCUT2D eigenvalue weighted by atomic mass is 9.87. The van der Waals surface area contributed by atoms with E-state index in [1.165, 1.54) is 4.90 Å². The summed E-state index contributed by atoms with van der Waals surface area (Å²) in [5.74, 6) is 0.528. The van der Waals surface area contributed by atoms with Crippen LogP contribution in [0.3, 0.4) is 0 Å². The first-order valence-corrected chi connectivity index (χ1v) is 7.93. The summed E-state index contributed by atoms with van der Waals surface area (Å²) < 4.78 is 5.13. The molecule has 2 aromatic carbocycles. The van der Waals surface area contributed by atoms with Gasteiger partial charge in [-0.2, -0.15) is 0 Å². The molecule has 5 heteroatoms. The zero-order chi connectivity index (χ0) is 17.2. The second kappa shape index (κ2) is 6.35. The largest absolute Gasteiger partial charge is 0.497 e. The van der Waals surface area contributed by atoms with Crippen LogP contribution in [0.4, 0.5) is 4.79 Å². The molecule has 1 aliphatic rings. The Labute approximate surface area is 141 Å². The molecule has 0 aromatic heterocycles. The van der Waals surface area contributed by atoms with Crippen molar-refractivity contribution in [2.24, 2.45) is 0 Å². The minimum Gasteiger partial charge on any atom is -0.497 e. The molecule has 3 amide bonds. The molecule has 3 rings (SSSR count). The summed E-state index contributed by atoms with van der Waals surface area (Å²) >= 11 is 0. The van der Waals surface area contributed by atoms with Gasteiger partial charge in [-0.05, 0) is 29.7 Å². The molecule has 1 aliphatic heterocycles. The lowest BCUT2D eigenvalue weighted by Crippen LogP contribution is -2.43. The van der Waals surface area contributed by atoms with Crippen LogP contribution in [0.25, 0.3) is 0 Å². The van der Waals surface area contributed by atoms with Crippen molar-refractivity contribution in [3.63, 3.8) is 0 Å². The summed E-state index contributed by atoms with van der Waals surface area (Å²) in [6, 6.07) is 16.4. The fourth-order valence-electron chi connectivity index (χ4n) is 3.05. The van der Waals surface area contributed by atoms with Gasteiger partial charge < -0.3 is 10.1 Å². The average molecular weight is 324 g/mol. The van der Waals surface area contributed by atoms with Gasteiger partial charge in [0.25, 0.3) is 5.91 Å². The van der Waals surface area contributed by atoms with E-state index >= 15 is 0 Å². The number of carbonyl (C=O) groups excluding carboxylic acids is 2. The Hall–Kier alpha value is -2.82. The molecule has 1 fully saturated rings. The van der Waals surface area contributed by atoms with Crippen molar-refractivity contribution in [1.29, 1.82) is 0 Å². The highest BCUT2D eigenvalue weighted by Crippen LogP contribution is 2.33. The number of nitrogens with one attached hydrogen (secondary N) is 1. The predicted molar refractivity (Wildman–Crippen MR) is 90.5 cm³/mol. The molecule has 1 N–H and O–H groups in total. The quantitative estimate of drug-likeness (QED) is 0.860. The van der Waals surface area contributed by atoms with Crippen LogP contribution >= 0.6 is 0 Å². The number of methoxy groups -OCH3 is 1. The molecular formula is C19H20N2O3. The zero-order valence-electron chi connectivity index (χ0n) is 13.8. The number of hydrogen-bond donors (Lipinski definition) is 1. The standard InChI is InChI=1S/C19H20N2O3/c1-3-19(15-7-5-4-6-8-15)17(22)21(18(23)20-19)13-14-9-11-16(24-2)12-10-14/h4-12H,3,13H2,1-2H3,(H,20,23). The van der Waals surface area contributed by atoms with E-state index in [2.05, 4.69) is 5.32 Å². The van der Waals surface area contributed by atoms with Gasteiger partial charge in [-0.3, -0.25) is 9.69 Å². The normalized spacial score (nSPS) is 20.2. The van der Waals surface area contributed by atoms with Crippen LogP contribution in [0.15, 0.2) is 54.6 Å². The highest BCUT2D eigenvalue weighted by molar-refractivity contribution is 6.07. The monoisotopic (exact) mass is 324 g/mol. The second-order valence-electron chi connectivity index (χ2n) is 5.79. The summed E-state index contributed by atoms with van der Waals surface area (Å²) in [6.07, 6.45) is 0.501. The van der Waals surface area contributed by atoms with E-state index in [4.69, 9.17) is 4.74 Å². The van der Waals surface area contributed by atoms with Crippen molar-refractivity contribution in [2.75, 3.05) is 7.11 Å². The van der Waals surface area contributed by atoms with E-state index in [0.717, 1.165) is 16.9 Å². The topological polar surface area (TPSA) is 58.6 Å². The minimum absolute atomic E-state index is 0.211. The molecule has 0 spiro atoms. The van der Waals surface area contributed by atoms with E-state index in [1.807, 2.05) is 61.5 Å². The third kappa shape index (κ3) is 2.62. The molecule has 124 valence electrons. The van der Waals surface area contributed by atoms with Gasteiger partial charge in [-0.25, -0.2) is 4.79 Å². The van der Waals surface area contributed by atoms with E-state index in [1.54, 1.807) is 7.11 Å². The molecule has 1 atom stereocenters. The van der Waals surface area contributed by atoms with Gasteiger partial charge in [0.05, 0.1) is 13.7 Å². The number of urea groups is 1. The Kier molecular flexibility index (Phi) is 4.25. The Bertz CT molecular complexity index is 743. The molecule has 0 bridgehead atoms. The van der Waals surface area contributed by atoms with Gasteiger partial charge in [-0.15, -0.1) is 0 Å². The number of amides is 3. The van der Waals surface area contributed by atoms with E-state index in [0.29, 0.717) is 6.42 Å². The van der Waals surface area contributed by atoms with Crippen LogP contribution in [0.1, 0.15) is 24.5 Å². The van der Waals surface area contributed by atoms with Crippen molar-refractivity contribution in [1.82, 2.24) is 10.2 Å². The number of carbonyl (C=O) groups is 2. The lowest BCUT2D eigenvalue weighted by Gasteiger charge is -2.25. The van der Waals surface area contributed by atoms with Crippen molar-refractivity contribution < 1.29 is 14.3 Å². The Morgan fingerprint density at radius 2 is 1.71 bits per heavy atom. The van der Waals surface area contributed by atoms with Gasteiger partial charge in [0, 0.05) is 0 Å². The highest BCUT2D eigenvalue weighted by Gasteiger charge is 2.50. The lowest BCUT2D eigenvalue weighted by molar-refractivity contribution is -0.132. The molecule has 5 nitrogen and oxygen atoms in total. The molecule has 1 unspecified atom stereocenters. The van der Waals surface area contributed by atoms with Gasteiger partial charge in [0.1, 0.15) is 11.3 Å². The maximum atomic E-state index is 13.0. The first-order valence-electron chi connectivity index (χ1n) is 7.93. The minimum atomic E-state index is -0.981. The van der Waals surface area contributed by atoms with Crippen molar-refractivity contribution in [3.05, 3.63) is 65.7 Å². The zero-order valence-corrected chi connectivity index (χ0v) is 13.8. The van der Waals surface area contributed by atoms with Crippen LogP contribution in [0.5, 0.6) is 5.75 Å². The maximum absolute atomic E-state index is 13.0. The van der Waals surface area contributed by atoms with Crippen LogP contribution in [0, 0.1) is 0 Å². The van der Waals surface area contributed by atoms with Crippen molar-refractivity contribution in [3.8, 4) is 5.75 Å². The molecule has 1 heterocycles. The van der Waals surface area contributed by atoms with E-state index < -0.39 is 5.54 Å². The average Bonchev–Trinajstić information content (AvgIpc) is 2.88. The van der Waals surface area contributed by atoms with Crippen LogP contribution in [0.2, 0.25) is 0 Å². The number of benzene rings is 2. The first-order chi connectivity index (χ1) is 11.6. The van der Waals surface area contributed by atoms with E-state index in [-0.39, 0.29) is 18.5 Å². The number of hydrogen-bond acceptors (Lipinski definition) is 3. The molecular weight excluding hydrogens is 304 g/mol. The summed E-state index contributed by atoms with van der Waals surface area (Å²) in [5, 5.41) is 2.89. The van der Waals surface area contributed by atoms with E-state index in [9.17, 15) is 9.59 Å². The summed E-state index contributed by atoms with van der Waals surface area (Å²) in [4.78, 5) is 26.7. The molecule has 0 radical (unpaired) electrons. The molecule has 2 aromatic rings. The van der Waals surface area contributed by atoms with Gasteiger partial charge >= 0.3 is 6.03 Å². The highest BCUT2D eigenvalue weighted by atomic mass is 16.5. The number of rotatable bonds is 5. The Balaban J connectivity index is 1.88. The summed E-state index contributed by atoms with van der Waals surface area (Å²) in [5.41, 5.74) is 0.701. The van der Waals surface area contributed by atoms with Crippen LogP contribution in [-0.4, -0.2) is 23.9 Å². The van der Waals surface area contributed by atoms with Crippen LogP contribution in [-0.2, 0) is 16.9 Å². The fourth-order valence-corrected chi connectivity index (χ4v) is 3.05. The SMILES string of the molecule is CCC1(c2ccccc2)NC(=O)N(Cc2ccc(OC)cc2)C1=O. The number of imide groups is 1. The number of ether oxygens (including phenoxy) is 1. The first kappa shape index (κ1) is 16.1. The number of nitrogens with zero attached hydrogens (tertiary/aromatic N) is 1. The Morgan fingerprint density at radius 3 is 2.29 bits per heavy atom. The third-order valence-electron chi connectivity index (χ3n) is 4.47. The van der Waals surface area contributed by atoms with Crippen LogP contribution < -0.4 is 10.1 Å². The predicted octanol–water partition coefficient (Wildman–Crippen LogP) is 3.05. The molecule has 0 saturated carbocycles. The van der Waals surface area contributed by atoms with Gasteiger partial charge in [0.2, 0.25) is 0 Å². The Morgan fingerprint density at radius 1 is 1.04 bits per heavy atom. The molecule has 0 aliphatic carbocycles. The van der Waals surface area contributed by atoms with Gasteiger partial charge in [0.15, 0.2) is 0 Å². The van der Waals surface area contributed by atoms with Crippen molar-refractivity contribution >= 4 is 11.9 Å². The van der Waals surface area contributed by atoms with Crippen molar-refractivity contribution in [2.45, 2.75) is 25.4 Å². The summed E-state index contributed by atoms with van der Waals surface area (Å²) in [6.45, 7) is 2.14.